The van der Waals surface area contributed by atoms with Gasteiger partial charge in [0.25, 0.3) is 0 Å². The molecule has 0 aromatic carbocycles. The van der Waals surface area contributed by atoms with Gasteiger partial charge in [-0.3, -0.25) is 9.59 Å². The predicted molar refractivity (Wildman–Crippen MR) is 124 cm³/mol. The standard InChI is InChI=1S/C26H34O12/c1-25(11-27,35-9-19(29)33-3)23(31)37-17-7-13-5-15(17)21-14-6-16(22(13)21)18(8-14)38-24(32)26(2,12-28)36-10-20(30)34-4/h11-18,21-22H,5-10H2,1-4H3. The van der Waals surface area contributed by atoms with E-state index < -0.39 is 48.3 Å². The largest absolute Gasteiger partial charge is 0.467 e. The Bertz CT molecular complexity index is 917. The summed E-state index contributed by atoms with van der Waals surface area (Å²) >= 11 is 0. The van der Waals surface area contributed by atoms with E-state index in [1.165, 1.54) is 28.1 Å². The Balaban J connectivity index is 1.35. The Hall–Kier alpha value is -2.86. The van der Waals surface area contributed by atoms with Crippen LogP contribution in [0.3, 0.4) is 0 Å². The fourth-order valence-corrected chi connectivity index (χ4v) is 7.08. The molecule has 0 spiro atoms. The molecule has 0 N–H and O–H groups in total. The highest BCUT2D eigenvalue weighted by Crippen LogP contribution is 2.68. The Morgan fingerprint density at radius 2 is 1.05 bits per heavy atom. The summed E-state index contributed by atoms with van der Waals surface area (Å²) in [5, 5.41) is 0. The van der Waals surface area contributed by atoms with E-state index in [-0.39, 0.29) is 35.9 Å². The molecule has 12 heteroatoms. The van der Waals surface area contributed by atoms with Crippen molar-refractivity contribution >= 4 is 36.4 Å². The minimum absolute atomic E-state index is 0.126. The molecule has 0 amide bonds. The normalized spacial score (nSPS) is 35.4. The number of esters is 4. The molecule has 4 aliphatic carbocycles. The van der Waals surface area contributed by atoms with E-state index in [9.17, 15) is 28.8 Å². The van der Waals surface area contributed by atoms with Crippen molar-refractivity contribution in [3.8, 4) is 0 Å². The van der Waals surface area contributed by atoms with Gasteiger partial charge in [-0.15, -0.1) is 0 Å². The van der Waals surface area contributed by atoms with E-state index in [1.54, 1.807) is 0 Å². The van der Waals surface area contributed by atoms with E-state index >= 15 is 0 Å². The summed E-state index contributed by atoms with van der Waals surface area (Å²) in [7, 11) is 2.35. The van der Waals surface area contributed by atoms with Gasteiger partial charge in [0.2, 0.25) is 11.2 Å². The summed E-state index contributed by atoms with van der Waals surface area (Å²) < 4.78 is 31.0. The van der Waals surface area contributed by atoms with Crippen molar-refractivity contribution < 1.29 is 57.2 Å². The lowest BCUT2D eigenvalue weighted by molar-refractivity contribution is -0.187. The second-order valence-corrected chi connectivity index (χ2v) is 11.0. The number of ether oxygens (including phenoxy) is 6. The van der Waals surface area contributed by atoms with Gasteiger partial charge in [0.1, 0.15) is 25.4 Å². The van der Waals surface area contributed by atoms with Gasteiger partial charge in [-0.2, -0.15) is 0 Å². The van der Waals surface area contributed by atoms with E-state index in [2.05, 4.69) is 9.47 Å². The van der Waals surface area contributed by atoms with Crippen molar-refractivity contribution in [1.29, 1.82) is 0 Å². The Morgan fingerprint density at radius 1 is 0.684 bits per heavy atom. The van der Waals surface area contributed by atoms with E-state index in [4.69, 9.17) is 18.9 Å². The molecule has 10 atom stereocenters. The van der Waals surface area contributed by atoms with Crippen molar-refractivity contribution in [3.63, 3.8) is 0 Å². The fourth-order valence-electron chi connectivity index (χ4n) is 7.08. The van der Waals surface area contributed by atoms with Gasteiger partial charge in [0.15, 0.2) is 12.6 Å². The molecule has 4 saturated carbocycles. The molecular weight excluding hydrogens is 504 g/mol. The molecule has 10 unspecified atom stereocenters. The number of carbonyl (C=O) groups excluding carboxylic acids is 6. The topological polar surface area (TPSA) is 158 Å². The minimum atomic E-state index is -1.91. The van der Waals surface area contributed by atoms with Crippen molar-refractivity contribution in [2.75, 3.05) is 27.4 Å². The first-order chi connectivity index (χ1) is 18.0. The first-order valence-corrected chi connectivity index (χ1v) is 12.8. The number of hydrogen-bond acceptors (Lipinski definition) is 12. The van der Waals surface area contributed by atoms with Crippen LogP contribution in [0.4, 0.5) is 0 Å². The summed E-state index contributed by atoms with van der Waals surface area (Å²) in [4.78, 5) is 71.7. The molecule has 38 heavy (non-hydrogen) atoms. The van der Waals surface area contributed by atoms with Crippen LogP contribution in [0.5, 0.6) is 0 Å². The molecular formula is C26H34O12. The zero-order valence-corrected chi connectivity index (χ0v) is 21.9. The smallest absolute Gasteiger partial charge is 0.345 e. The van der Waals surface area contributed by atoms with Crippen LogP contribution in [-0.2, 0) is 57.2 Å². The maximum atomic E-state index is 12.8. The third-order valence-corrected chi connectivity index (χ3v) is 8.91. The number of fused-ring (bicyclic) bond motifs is 9. The molecule has 4 bridgehead atoms. The quantitative estimate of drug-likeness (QED) is 0.111. The second kappa shape index (κ2) is 10.7. The van der Waals surface area contributed by atoms with Crippen LogP contribution in [0.15, 0.2) is 0 Å². The number of carbonyl (C=O) groups is 6. The lowest BCUT2D eigenvalue weighted by Gasteiger charge is -2.41. The van der Waals surface area contributed by atoms with Gasteiger partial charge in [-0.1, -0.05) is 0 Å². The molecule has 4 rings (SSSR count). The number of aldehydes is 2. The second-order valence-electron chi connectivity index (χ2n) is 11.0. The van der Waals surface area contributed by atoms with Crippen molar-refractivity contribution in [2.24, 2.45) is 35.5 Å². The molecule has 0 aliphatic heterocycles. The van der Waals surface area contributed by atoms with E-state index in [0.29, 0.717) is 37.2 Å². The van der Waals surface area contributed by atoms with Crippen molar-refractivity contribution in [3.05, 3.63) is 0 Å². The molecule has 4 fully saturated rings. The Labute approximate surface area is 219 Å². The number of hydrogen-bond donors (Lipinski definition) is 0. The zero-order valence-electron chi connectivity index (χ0n) is 21.9. The van der Waals surface area contributed by atoms with Gasteiger partial charge in [0.05, 0.1) is 14.2 Å². The minimum Gasteiger partial charge on any atom is -0.467 e. The van der Waals surface area contributed by atoms with Crippen LogP contribution in [0.25, 0.3) is 0 Å². The maximum Gasteiger partial charge on any atom is 0.345 e. The van der Waals surface area contributed by atoms with Crippen LogP contribution in [0, 0.1) is 35.5 Å². The van der Waals surface area contributed by atoms with E-state index in [1.807, 2.05) is 0 Å². The monoisotopic (exact) mass is 538 g/mol. The fraction of sp³-hybridized carbons (Fsp3) is 0.769. The summed E-state index contributed by atoms with van der Waals surface area (Å²) in [6.07, 6.45) is 2.93. The molecule has 0 saturated heterocycles. The Kier molecular flexibility index (Phi) is 7.94. The van der Waals surface area contributed by atoms with Crippen LogP contribution in [0.2, 0.25) is 0 Å². The lowest BCUT2D eigenvalue weighted by atomic mass is 9.69. The molecule has 12 nitrogen and oxygen atoms in total. The average Bonchev–Trinajstić information content (AvgIpc) is 3.69. The lowest BCUT2D eigenvalue weighted by Crippen LogP contribution is -2.48. The highest BCUT2D eigenvalue weighted by Gasteiger charge is 2.66. The summed E-state index contributed by atoms with van der Waals surface area (Å²) in [5.41, 5.74) is -3.82. The SMILES string of the molecule is COC(=O)COC(C)(C=O)C(=O)OC1CC2CC1C1C3CC(OC(=O)C(C)(C=O)OCC(=O)OC)C(C3)C21. The van der Waals surface area contributed by atoms with Crippen LogP contribution in [-0.4, -0.2) is 87.3 Å². The molecule has 210 valence electrons. The highest BCUT2D eigenvalue weighted by molar-refractivity contribution is 5.97. The first kappa shape index (κ1) is 28.2. The molecule has 0 aromatic rings. The van der Waals surface area contributed by atoms with Crippen molar-refractivity contribution in [2.45, 2.75) is 62.9 Å². The Morgan fingerprint density at radius 3 is 1.37 bits per heavy atom. The highest BCUT2D eigenvalue weighted by atomic mass is 16.6. The summed E-state index contributed by atoms with van der Waals surface area (Å²) in [6.45, 7) is 1.42. The van der Waals surface area contributed by atoms with Crippen LogP contribution < -0.4 is 0 Å². The van der Waals surface area contributed by atoms with Gasteiger partial charge in [-0.05, 0) is 75.0 Å². The zero-order chi connectivity index (χ0) is 27.8. The summed E-state index contributed by atoms with van der Waals surface area (Å²) in [6, 6.07) is 0. The van der Waals surface area contributed by atoms with Crippen LogP contribution in [0.1, 0.15) is 39.5 Å². The molecule has 0 aromatic heterocycles. The molecule has 0 heterocycles. The van der Waals surface area contributed by atoms with Crippen LogP contribution >= 0.6 is 0 Å². The van der Waals surface area contributed by atoms with Gasteiger partial charge in [-0.25, -0.2) is 19.2 Å². The summed E-state index contributed by atoms with van der Waals surface area (Å²) in [5.74, 6) is -1.70. The first-order valence-electron chi connectivity index (χ1n) is 12.8. The van der Waals surface area contributed by atoms with Gasteiger partial charge in [0, 0.05) is 0 Å². The third-order valence-electron chi connectivity index (χ3n) is 8.91. The van der Waals surface area contributed by atoms with Gasteiger partial charge >= 0.3 is 23.9 Å². The third kappa shape index (κ3) is 4.95. The number of rotatable bonds is 12. The molecule has 4 aliphatic rings. The van der Waals surface area contributed by atoms with Crippen molar-refractivity contribution in [1.82, 2.24) is 0 Å². The maximum absolute atomic E-state index is 12.8. The van der Waals surface area contributed by atoms with E-state index in [0.717, 1.165) is 12.8 Å². The van der Waals surface area contributed by atoms with Gasteiger partial charge < -0.3 is 28.4 Å². The molecule has 0 radical (unpaired) electrons. The average molecular weight is 539 g/mol. The number of methoxy groups -OCH3 is 2. The predicted octanol–water partition coefficient (Wildman–Crippen LogP) is 0.416.